The number of allylic oxidation sites excluding steroid dienone is 1. The van der Waals surface area contributed by atoms with Crippen molar-refractivity contribution in [1.82, 2.24) is 9.78 Å². The van der Waals surface area contributed by atoms with Crippen molar-refractivity contribution < 1.29 is 0 Å². The van der Waals surface area contributed by atoms with Crippen molar-refractivity contribution in [2.24, 2.45) is 0 Å². The average molecular weight is 192 g/mol. The minimum atomic E-state index is 0.971. The lowest BCUT2D eigenvalue weighted by Gasteiger charge is -2.04. The normalized spacial score (nSPS) is 10.5. The second kappa shape index (κ2) is 4.99. The summed E-state index contributed by atoms with van der Waals surface area (Å²) in [5.74, 6) is 0. The molecule has 0 saturated heterocycles. The minimum absolute atomic E-state index is 0.971. The van der Waals surface area contributed by atoms with E-state index in [4.69, 9.17) is 0 Å². The van der Waals surface area contributed by atoms with Gasteiger partial charge in [0.05, 0.1) is 5.69 Å². The Hall–Kier alpha value is -1.05. The summed E-state index contributed by atoms with van der Waals surface area (Å²) < 4.78 is 2.12. The molecule has 0 fully saturated rings. The quantitative estimate of drug-likeness (QED) is 0.656. The largest absolute Gasteiger partial charge is 0.269 e. The zero-order chi connectivity index (χ0) is 10.6. The first-order valence-electron chi connectivity index (χ1n) is 5.37. The van der Waals surface area contributed by atoms with Crippen molar-refractivity contribution in [2.75, 3.05) is 0 Å². The van der Waals surface area contributed by atoms with E-state index < -0.39 is 0 Å². The second-order valence-electron chi connectivity index (χ2n) is 3.76. The van der Waals surface area contributed by atoms with Crippen LogP contribution in [0.15, 0.2) is 18.2 Å². The fourth-order valence-corrected chi connectivity index (χ4v) is 1.46. The molecule has 0 aliphatic carbocycles. The van der Waals surface area contributed by atoms with Crippen LogP contribution in [0.4, 0.5) is 0 Å². The molecule has 0 radical (unpaired) electrons. The van der Waals surface area contributed by atoms with Crippen LogP contribution in [0.5, 0.6) is 0 Å². The van der Waals surface area contributed by atoms with Crippen molar-refractivity contribution in [3.05, 3.63) is 29.6 Å². The van der Waals surface area contributed by atoms with Crippen molar-refractivity contribution in [2.45, 2.75) is 46.6 Å². The minimum Gasteiger partial charge on any atom is -0.269 e. The first kappa shape index (κ1) is 11.0. The van der Waals surface area contributed by atoms with Gasteiger partial charge in [-0.25, -0.2) is 0 Å². The number of rotatable bonds is 5. The van der Waals surface area contributed by atoms with E-state index in [0.717, 1.165) is 25.8 Å². The number of hydrogen-bond acceptors (Lipinski definition) is 1. The predicted molar refractivity (Wildman–Crippen MR) is 60.4 cm³/mol. The highest BCUT2D eigenvalue weighted by Crippen LogP contribution is 2.08. The van der Waals surface area contributed by atoms with Crippen LogP contribution in [0, 0.1) is 0 Å². The van der Waals surface area contributed by atoms with Gasteiger partial charge >= 0.3 is 0 Å². The lowest BCUT2D eigenvalue weighted by atomic mass is 10.2. The van der Waals surface area contributed by atoms with Crippen LogP contribution in [-0.4, -0.2) is 9.78 Å². The molecule has 0 unspecified atom stereocenters. The molecule has 1 aromatic heterocycles. The van der Waals surface area contributed by atoms with E-state index in [-0.39, 0.29) is 0 Å². The number of hydrogen-bond donors (Lipinski definition) is 0. The summed E-state index contributed by atoms with van der Waals surface area (Å²) in [5.41, 5.74) is 3.76. The smallest absolute Gasteiger partial charge is 0.0624 e. The van der Waals surface area contributed by atoms with Crippen LogP contribution in [-0.2, 0) is 19.4 Å². The molecule has 0 aliphatic rings. The highest BCUT2D eigenvalue weighted by molar-refractivity contribution is 5.10. The first-order valence-corrected chi connectivity index (χ1v) is 5.37. The Kier molecular flexibility index (Phi) is 3.93. The van der Waals surface area contributed by atoms with E-state index >= 15 is 0 Å². The van der Waals surface area contributed by atoms with E-state index in [1.807, 2.05) is 0 Å². The third kappa shape index (κ3) is 2.72. The molecule has 0 spiro atoms. The molecule has 0 aromatic carbocycles. The summed E-state index contributed by atoms with van der Waals surface area (Å²) in [6.45, 7) is 11.3. The van der Waals surface area contributed by atoms with E-state index in [9.17, 15) is 0 Å². The number of aryl methyl sites for hydroxylation is 3. The predicted octanol–water partition coefficient (Wildman–Crippen LogP) is 2.97. The number of aromatic nitrogens is 2. The molecule has 0 atom stereocenters. The molecule has 0 bridgehead atoms. The molecular weight excluding hydrogens is 172 g/mol. The standard InChI is InChI=1S/C12H20N2/c1-5-11-9-12(6-2)14(13-11)8-7-10(3)4/h9H,3,5-8H2,1-2,4H3. The lowest BCUT2D eigenvalue weighted by molar-refractivity contribution is 0.580. The SMILES string of the molecule is C=C(C)CCn1nc(CC)cc1CC. The van der Waals surface area contributed by atoms with Gasteiger partial charge < -0.3 is 0 Å². The van der Waals surface area contributed by atoms with Gasteiger partial charge in [-0.1, -0.05) is 19.4 Å². The summed E-state index contributed by atoms with van der Waals surface area (Å²) in [6, 6.07) is 2.21. The summed E-state index contributed by atoms with van der Waals surface area (Å²) >= 11 is 0. The second-order valence-corrected chi connectivity index (χ2v) is 3.76. The fourth-order valence-electron chi connectivity index (χ4n) is 1.46. The van der Waals surface area contributed by atoms with Gasteiger partial charge in [-0.2, -0.15) is 5.10 Å². The molecule has 78 valence electrons. The van der Waals surface area contributed by atoms with Crippen molar-refractivity contribution in [3.8, 4) is 0 Å². The lowest BCUT2D eigenvalue weighted by Crippen LogP contribution is -2.04. The Bertz CT molecular complexity index is 310. The first-order chi connectivity index (χ1) is 6.67. The molecule has 0 aliphatic heterocycles. The molecule has 0 saturated carbocycles. The van der Waals surface area contributed by atoms with Gasteiger partial charge in [-0.3, -0.25) is 4.68 Å². The zero-order valence-corrected chi connectivity index (χ0v) is 9.51. The van der Waals surface area contributed by atoms with E-state index in [1.165, 1.54) is 17.0 Å². The topological polar surface area (TPSA) is 17.8 Å². The summed E-state index contributed by atoms with van der Waals surface area (Å²) in [4.78, 5) is 0. The Labute approximate surface area is 86.6 Å². The van der Waals surface area contributed by atoms with E-state index in [1.54, 1.807) is 0 Å². The molecule has 1 rings (SSSR count). The summed E-state index contributed by atoms with van der Waals surface area (Å²) in [5, 5.41) is 4.55. The Morgan fingerprint density at radius 3 is 2.64 bits per heavy atom. The highest BCUT2D eigenvalue weighted by atomic mass is 15.3. The van der Waals surface area contributed by atoms with Gasteiger partial charge in [-0.05, 0) is 32.3 Å². The van der Waals surface area contributed by atoms with Gasteiger partial charge in [0.1, 0.15) is 0 Å². The summed E-state index contributed by atoms with van der Waals surface area (Å²) in [7, 11) is 0. The third-order valence-electron chi connectivity index (χ3n) is 2.39. The van der Waals surface area contributed by atoms with Crippen LogP contribution >= 0.6 is 0 Å². The molecular formula is C12H20N2. The molecule has 14 heavy (non-hydrogen) atoms. The Balaban J connectivity index is 2.73. The van der Waals surface area contributed by atoms with E-state index in [2.05, 4.69) is 43.2 Å². The third-order valence-corrected chi connectivity index (χ3v) is 2.39. The van der Waals surface area contributed by atoms with Gasteiger partial charge in [-0.15, -0.1) is 6.58 Å². The molecule has 2 nitrogen and oxygen atoms in total. The maximum atomic E-state index is 4.55. The summed E-state index contributed by atoms with van der Waals surface area (Å²) in [6.07, 6.45) is 3.11. The van der Waals surface area contributed by atoms with Gasteiger partial charge in [0, 0.05) is 12.2 Å². The average Bonchev–Trinajstić information content (AvgIpc) is 2.57. The molecule has 1 aromatic rings. The van der Waals surface area contributed by atoms with Crippen molar-refractivity contribution >= 4 is 0 Å². The van der Waals surface area contributed by atoms with E-state index in [0.29, 0.717) is 0 Å². The maximum Gasteiger partial charge on any atom is 0.0624 e. The van der Waals surface area contributed by atoms with Crippen LogP contribution in [0.3, 0.4) is 0 Å². The van der Waals surface area contributed by atoms with Crippen LogP contribution in [0.1, 0.15) is 38.6 Å². The molecule has 0 N–H and O–H groups in total. The number of nitrogens with zero attached hydrogens (tertiary/aromatic N) is 2. The van der Waals surface area contributed by atoms with Crippen molar-refractivity contribution in [1.29, 1.82) is 0 Å². The van der Waals surface area contributed by atoms with Crippen LogP contribution in [0.2, 0.25) is 0 Å². The van der Waals surface area contributed by atoms with Gasteiger partial charge in [0.2, 0.25) is 0 Å². The highest BCUT2D eigenvalue weighted by Gasteiger charge is 2.04. The van der Waals surface area contributed by atoms with Gasteiger partial charge in [0.15, 0.2) is 0 Å². The van der Waals surface area contributed by atoms with Gasteiger partial charge in [0.25, 0.3) is 0 Å². The maximum absolute atomic E-state index is 4.55. The Morgan fingerprint density at radius 1 is 1.43 bits per heavy atom. The van der Waals surface area contributed by atoms with Crippen molar-refractivity contribution in [3.63, 3.8) is 0 Å². The molecule has 1 heterocycles. The molecule has 0 amide bonds. The fraction of sp³-hybridized carbons (Fsp3) is 0.583. The Morgan fingerprint density at radius 2 is 2.14 bits per heavy atom. The van der Waals surface area contributed by atoms with Crippen LogP contribution < -0.4 is 0 Å². The monoisotopic (exact) mass is 192 g/mol. The zero-order valence-electron chi connectivity index (χ0n) is 9.51. The van der Waals surface area contributed by atoms with Crippen LogP contribution in [0.25, 0.3) is 0 Å². The molecule has 2 heteroatoms.